The summed E-state index contributed by atoms with van der Waals surface area (Å²) in [6.07, 6.45) is 2.61. The van der Waals surface area contributed by atoms with E-state index in [1.165, 1.54) is 12.8 Å². The highest BCUT2D eigenvalue weighted by molar-refractivity contribution is 5.55. The van der Waals surface area contributed by atoms with Crippen LogP contribution < -0.4 is 5.32 Å². The average molecular weight is 263 g/mol. The van der Waals surface area contributed by atoms with Gasteiger partial charge in [0.15, 0.2) is 0 Å². The van der Waals surface area contributed by atoms with E-state index in [9.17, 15) is 10.1 Å². The molecule has 5 heteroatoms. The van der Waals surface area contributed by atoms with Crippen LogP contribution in [-0.2, 0) is 6.54 Å². The lowest BCUT2D eigenvalue weighted by Crippen LogP contribution is -2.30. The molecule has 5 nitrogen and oxygen atoms in total. The number of rotatable bonds is 6. The van der Waals surface area contributed by atoms with Gasteiger partial charge in [-0.3, -0.25) is 15.0 Å². The SMILES string of the molecule is CNc1ccc([N+](=O)[O-])cc1CN(C)C(C)C1CC1. The monoisotopic (exact) mass is 263 g/mol. The third kappa shape index (κ3) is 3.23. The Morgan fingerprint density at radius 1 is 1.53 bits per heavy atom. The number of hydrogen-bond donors (Lipinski definition) is 1. The highest BCUT2D eigenvalue weighted by Crippen LogP contribution is 2.35. The van der Waals surface area contributed by atoms with E-state index in [-0.39, 0.29) is 10.6 Å². The molecule has 0 saturated heterocycles. The van der Waals surface area contributed by atoms with Crippen molar-refractivity contribution in [2.45, 2.75) is 32.4 Å². The van der Waals surface area contributed by atoms with Gasteiger partial charge >= 0.3 is 0 Å². The molecule has 0 radical (unpaired) electrons. The molecule has 0 spiro atoms. The molecule has 1 atom stereocenters. The standard InChI is InChI=1S/C14H21N3O2/c1-10(11-4-5-11)16(3)9-12-8-13(17(18)19)6-7-14(12)15-2/h6-8,10-11,15H,4-5,9H2,1-3H3. The second kappa shape index (κ2) is 5.57. The molecular weight excluding hydrogens is 242 g/mol. The molecule has 104 valence electrons. The molecule has 1 unspecified atom stereocenters. The molecule has 1 N–H and O–H groups in total. The molecule has 1 aromatic carbocycles. The van der Waals surface area contributed by atoms with E-state index in [2.05, 4.69) is 24.2 Å². The molecule has 1 aliphatic rings. The Morgan fingerprint density at radius 2 is 2.21 bits per heavy atom. The molecule has 0 heterocycles. The minimum absolute atomic E-state index is 0.154. The molecule has 1 aliphatic carbocycles. The summed E-state index contributed by atoms with van der Waals surface area (Å²) in [5.74, 6) is 0.793. The third-order valence-electron chi connectivity index (χ3n) is 3.99. The minimum Gasteiger partial charge on any atom is -0.388 e. The molecule has 1 aromatic rings. The Hall–Kier alpha value is -1.62. The highest BCUT2D eigenvalue weighted by atomic mass is 16.6. The Labute approximate surface area is 113 Å². The fraction of sp³-hybridized carbons (Fsp3) is 0.571. The molecule has 0 aromatic heterocycles. The first-order valence-electron chi connectivity index (χ1n) is 6.68. The van der Waals surface area contributed by atoms with Crippen molar-refractivity contribution in [1.82, 2.24) is 4.90 Å². The average Bonchev–Trinajstić information content (AvgIpc) is 3.21. The molecule has 0 aliphatic heterocycles. The van der Waals surface area contributed by atoms with Crippen LogP contribution in [0.2, 0.25) is 0 Å². The van der Waals surface area contributed by atoms with Gasteiger partial charge in [-0.2, -0.15) is 0 Å². The van der Waals surface area contributed by atoms with E-state index < -0.39 is 0 Å². The maximum absolute atomic E-state index is 10.9. The van der Waals surface area contributed by atoms with E-state index >= 15 is 0 Å². The largest absolute Gasteiger partial charge is 0.388 e. The second-order valence-corrected chi connectivity index (χ2v) is 5.34. The quantitative estimate of drug-likeness (QED) is 0.633. The van der Waals surface area contributed by atoms with Gasteiger partial charge in [0.05, 0.1) is 4.92 Å². The van der Waals surface area contributed by atoms with Crippen LogP contribution in [0.5, 0.6) is 0 Å². The van der Waals surface area contributed by atoms with Crippen LogP contribution in [0.25, 0.3) is 0 Å². The van der Waals surface area contributed by atoms with E-state index in [4.69, 9.17) is 0 Å². The van der Waals surface area contributed by atoms with Crippen molar-refractivity contribution in [3.05, 3.63) is 33.9 Å². The molecule has 19 heavy (non-hydrogen) atoms. The predicted octanol–water partition coefficient (Wildman–Crippen LogP) is 2.87. The molecular formula is C14H21N3O2. The van der Waals surface area contributed by atoms with E-state index in [1.54, 1.807) is 18.2 Å². The van der Waals surface area contributed by atoms with Gasteiger partial charge in [-0.25, -0.2) is 0 Å². The molecule has 1 saturated carbocycles. The number of nitrogens with one attached hydrogen (secondary N) is 1. The van der Waals surface area contributed by atoms with Crippen LogP contribution in [0.15, 0.2) is 18.2 Å². The zero-order valence-corrected chi connectivity index (χ0v) is 11.7. The van der Waals surface area contributed by atoms with Gasteiger partial charge in [-0.05, 0) is 44.4 Å². The molecule has 2 rings (SSSR count). The van der Waals surface area contributed by atoms with Crippen LogP contribution in [-0.4, -0.2) is 30.0 Å². The topological polar surface area (TPSA) is 58.4 Å². The first-order chi connectivity index (χ1) is 9.02. The van der Waals surface area contributed by atoms with E-state index in [1.807, 2.05) is 7.05 Å². The van der Waals surface area contributed by atoms with Crippen molar-refractivity contribution >= 4 is 11.4 Å². The number of anilines is 1. The number of nitro groups is 1. The van der Waals surface area contributed by atoms with Crippen molar-refractivity contribution < 1.29 is 4.92 Å². The van der Waals surface area contributed by atoms with Gasteiger partial charge in [0.25, 0.3) is 5.69 Å². The summed E-state index contributed by atoms with van der Waals surface area (Å²) >= 11 is 0. The van der Waals surface area contributed by atoms with Gasteiger partial charge in [-0.1, -0.05) is 0 Å². The number of non-ortho nitro benzene ring substituents is 1. The van der Waals surface area contributed by atoms with E-state index in [0.29, 0.717) is 6.04 Å². The first kappa shape index (κ1) is 13.8. The number of nitrogens with zero attached hydrogens (tertiary/aromatic N) is 2. The van der Waals surface area contributed by atoms with Crippen molar-refractivity contribution in [3.63, 3.8) is 0 Å². The van der Waals surface area contributed by atoms with Gasteiger partial charge in [0.1, 0.15) is 0 Å². The predicted molar refractivity (Wildman–Crippen MR) is 76.3 cm³/mol. The maximum Gasteiger partial charge on any atom is 0.269 e. The summed E-state index contributed by atoms with van der Waals surface area (Å²) < 4.78 is 0. The zero-order chi connectivity index (χ0) is 14.0. The molecule has 1 fully saturated rings. The molecule has 0 bridgehead atoms. The summed E-state index contributed by atoms with van der Waals surface area (Å²) in [6, 6.07) is 5.52. The van der Waals surface area contributed by atoms with Crippen LogP contribution in [0.1, 0.15) is 25.3 Å². The number of benzene rings is 1. The number of hydrogen-bond acceptors (Lipinski definition) is 4. The van der Waals surface area contributed by atoms with Gasteiger partial charge in [0, 0.05) is 37.5 Å². The van der Waals surface area contributed by atoms with Crippen LogP contribution in [0.4, 0.5) is 11.4 Å². The Kier molecular flexibility index (Phi) is 4.04. The summed E-state index contributed by atoms with van der Waals surface area (Å²) in [5.41, 5.74) is 2.09. The Balaban J connectivity index is 2.16. The Bertz CT molecular complexity index is 472. The van der Waals surface area contributed by atoms with Crippen LogP contribution >= 0.6 is 0 Å². The van der Waals surface area contributed by atoms with Crippen molar-refractivity contribution in [2.24, 2.45) is 5.92 Å². The van der Waals surface area contributed by atoms with Crippen LogP contribution in [0.3, 0.4) is 0 Å². The highest BCUT2D eigenvalue weighted by Gasteiger charge is 2.30. The fourth-order valence-corrected chi connectivity index (χ4v) is 2.42. The zero-order valence-electron chi connectivity index (χ0n) is 11.7. The second-order valence-electron chi connectivity index (χ2n) is 5.34. The van der Waals surface area contributed by atoms with Gasteiger partial charge < -0.3 is 5.32 Å². The third-order valence-corrected chi connectivity index (χ3v) is 3.99. The van der Waals surface area contributed by atoms with Crippen LogP contribution in [0, 0.1) is 16.0 Å². The Morgan fingerprint density at radius 3 is 2.74 bits per heavy atom. The van der Waals surface area contributed by atoms with Crippen molar-refractivity contribution in [1.29, 1.82) is 0 Å². The van der Waals surface area contributed by atoms with Gasteiger partial charge in [-0.15, -0.1) is 0 Å². The van der Waals surface area contributed by atoms with Crippen molar-refractivity contribution in [3.8, 4) is 0 Å². The number of nitro benzene ring substituents is 1. The van der Waals surface area contributed by atoms with E-state index in [0.717, 1.165) is 23.7 Å². The smallest absolute Gasteiger partial charge is 0.269 e. The van der Waals surface area contributed by atoms with Crippen molar-refractivity contribution in [2.75, 3.05) is 19.4 Å². The first-order valence-corrected chi connectivity index (χ1v) is 6.68. The minimum atomic E-state index is -0.340. The normalized spacial score (nSPS) is 16.4. The lowest BCUT2D eigenvalue weighted by Gasteiger charge is -2.25. The maximum atomic E-state index is 10.9. The lowest BCUT2D eigenvalue weighted by atomic mass is 10.1. The summed E-state index contributed by atoms with van der Waals surface area (Å²) in [7, 11) is 3.93. The van der Waals surface area contributed by atoms with Gasteiger partial charge in [0.2, 0.25) is 0 Å². The summed E-state index contributed by atoms with van der Waals surface area (Å²) in [5, 5.41) is 14.0. The molecule has 0 amide bonds. The summed E-state index contributed by atoms with van der Waals surface area (Å²) in [6.45, 7) is 2.96. The lowest BCUT2D eigenvalue weighted by molar-refractivity contribution is -0.384. The summed E-state index contributed by atoms with van der Waals surface area (Å²) in [4.78, 5) is 12.8. The fourth-order valence-electron chi connectivity index (χ4n) is 2.42.